The van der Waals surface area contributed by atoms with Crippen molar-refractivity contribution in [2.24, 2.45) is 5.10 Å². The van der Waals surface area contributed by atoms with Gasteiger partial charge in [0.1, 0.15) is 0 Å². The molecule has 3 aromatic rings. The molecule has 0 atom stereocenters. The van der Waals surface area contributed by atoms with Gasteiger partial charge in [0.05, 0.1) is 21.7 Å². The molecule has 0 saturated heterocycles. The lowest BCUT2D eigenvalue weighted by Gasteiger charge is -2.07. The molecule has 0 fully saturated rings. The highest BCUT2D eigenvalue weighted by atomic mass is 32.1. The SMILES string of the molecule is CCc1ccc(C(C)=NNC(=O)c2cc(C)nc3ccccc23)s1. The minimum Gasteiger partial charge on any atom is -0.267 e. The van der Waals surface area contributed by atoms with Gasteiger partial charge in [-0.15, -0.1) is 11.3 Å². The molecule has 0 radical (unpaired) electrons. The number of hydrogen-bond donors (Lipinski definition) is 1. The summed E-state index contributed by atoms with van der Waals surface area (Å²) in [4.78, 5) is 19.4. The van der Waals surface area contributed by atoms with E-state index in [1.165, 1.54) is 4.88 Å². The van der Waals surface area contributed by atoms with Crippen LogP contribution in [0.4, 0.5) is 0 Å². The zero-order chi connectivity index (χ0) is 17.1. The highest BCUT2D eigenvalue weighted by molar-refractivity contribution is 7.14. The van der Waals surface area contributed by atoms with Crippen molar-refractivity contribution >= 4 is 33.9 Å². The summed E-state index contributed by atoms with van der Waals surface area (Å²) in [7, 11) is 0. The van der Waals surface area contributed by atoms with Crippen LogP contribution >= 0.6 is 11.3 Å². The Hall–Kier alpha value is -2.53. The summed E-state index contributed by atoms with van der Waals surface area (Å²) in [6, 6.07) is 13.6. The summed E-state index contributed by atoms with van der Waals surface area (Å²) < 4.78 is 0. The van der Waals surface area contributed by atoms with Gasteiger partial charge >= 0.3 is 0 Å². The minimum atomic E-state index is -0.219. The Labute approximate surface area is 145 Å². The number of amides is 1. The molecule has 3 rings (SSSR count). The standard InChI is InChI=1S/C19H19N3OS/c1-4-14-9-10-18(24-14)13(3)21-22-19(23)16-11-12(2)20-17-8-6-5-7-15(16)17/h5-11H,4H2,1-3H3,(H,22,23). The van der Waals surface area contributed by atoms with E-state index in [0.717, 1.165) is 33.6 Å². The lowest BCUT2D eigenvalue weighted by molar-refractivity contribution is 0.0956. The molecule has 0 aliphatic heterocycles. The number of hydrogen-bond acceptors (Lipinski definition) is 4. The second kappa shape index (κ2) is 6.93. The smallest absolute Gasteiger partial charge is 0.267 e. The summed E-state index contributed by atoms with van der Waals surface area (Å²) in [5, 5.41) is 5.09. The fourth-order valence-corrected chi connectivity index (χ4v) is 3.40. The van der Waals surface area contributed by atoms with Crippen LogP contribution in [0.2, 0.25) is 0 Å². The first kappa shape index (κ1) is 16.3. The van der Waals surface area contributed by atoms with Crippen LogP contribution in [-0.4, -0.2) is 16.6 Å². The maximum absolute atomic E-state index is 12.6. The van der Waals surface area contributed by atoms with Gasteiger partial charge in [-0.2, -0.15) is 5.10 Å². The van der Waals surface area contributed by atoms with Crippen LogP contribution in [0.15, 0.2) is 47.6 Å². The van der Waals surface area contributed by atoms with E-state index in [4.69, 9.17) is 0 Å². The fraction of sp³-hybridized carbons (Fsp3) is 0.211. The van der Waals surface area contributed by atoms with Gasteiger partial charge in [-0.25, -0.2) is 5.43 Å². The Morgan fingerprint density at radius 2 is 2.04 bits per heavy atom. The molecule has 1 N–H and O–H groups in total. The van der Waals surface area contributed by atoms with E-state index in [9.17, 15) is 4.79 Å². The molecule has 0 aliphatic rings. The van der Waals surface area contributed by atoms with Gasteiger partial charge in [0.15, 0.2) is 0 Å². The molecule has 2 aromatic heterocycles. The lowest BCUT2D eigenvalue weighted by Crippen LogP contribution is -2.19. The van der Waals surface area contributed by atoms with Gasteiger partial charge in [0.25, 0.3) is 5.91 Å². The summed E-state index contributed by atoms with van der Waals surface area (Å²) >= 11 is 1.70. The number of fused-ring (bicyclic) bond motifs is 1. The number of para-hydroxylation sites is 1. The largest absolute Gasteiger partial charge is 0.272 e. The zero-order valence-corrected chi connectivity index (χ0v) is 14.8. The summed E-state index contributed by atoms with van der Waals surface area (Å²) in [6.07, 6.45) is 1.01. The number of carbonyl (C=O) groups is 1. The van der Waals surface area contributed by atoms with Crippen molar-refractivity contribution in [2.75, 3.05) is 0 Å². The highest BCUT2D eigenvalue weighted by Gasteiger charge is 2.11. The summed E-state index contributed by atoms with van der Waals surface area (Å²) in [5.41, 5.74) is 5.70. The van der Waals surface area contributed by atoms with Crippen LogP contribution in [0.25, 0.3) is 10.9 Å². The number of carbonyl (C=O) groups excluding carboxylic acids is 1. The number of hydrazone groups is 1. The third kappa shape index (κ3) is 3.36. The second-order valence-corrected chi connectivity index (χ2v) is 6.75. The number of aromatic nitrogens is 1. The molecule has 0 unspecified atom stereocenters. The fourth-order valence-electron chi connectivity index (χ4n) is 2.51. The van der Waals surface area contributed by atoms with Crippen LogP contribution in [0.1, 0.15) is 39.7 Å². The quantitative estimate of drug-likeness (QED) is 0.569. The molecule has 0 saturated carbocycles. The van der Waals surface area contributed by atoms with Crippen molar-refractivity contribution in [2.45, 2.75) is 27.2 Å². The number of nitrogens with zero attached hydrogens (tertiary/aromatic N) is 2. The third-order valence-electron chi connectivity index (χ3n) is 3.78. The van der Waals surface area contributed by atoms with E-state index in [1.54, 1.807) is 17.4 Å². The maximum atomic E-state index is 12.6. The topological polar surface area (TPSA) is 54.4 Å². The van der Waals surface area contributed by atoms with E-state index in [2.05, 4.69) is 28.5 Å². The average molecular weight is 337 g/mol. The van der Waals surface area contributed by atoms with E-state index in [1.807, 2.05) is 44.2 Å². The number of thiophene rings is 1. The third-order valence-corrected chi connectivity index (χ3v) is 5.12. The molecule has 5 heteroatoms. The van der Waals surface area contributed by atoms with E-state index >= 15 is 0 Å². The van der Waals surface area contributed by atoms with Gasteiger partial charge in [-0.3, -0.25) is 9.78 Å². The molecule has 122 valence electrons. The van der Waals surface area contributed by atoms with E-state index in [0.29, 0.717) is 5.56 Å². The van der Waals surface area contributed by atoms with Crippen LogP contribution in [-0.2, 0) is 6.42 Å². The number of benzene rings is 1. The van der Waals surface area contributed by atoms with Crippen molar-refractivity contribution in [1.82, 2.24) is 10.4 Å². The van der Waals surface area contributed by atoms with Crippen LogP contribution in [0, 0.1) is 6.92 Å². The number of aryl methyl sites for hydroxylation is 2. The van der Waals surface area contributed by atoms with E-state index < -0.39 is 0 Å². The second-order valence-electron chi connectivity index (χ2n) is 5.59. The molecule has 0 bridgehead atoms. The highest BCUT2D eigenvalue weighted by Crippen LogP contribution is 2.19. The monoisotopic (exact) mass is 337 g/mol. The Morgan fingerprint density at radius 1 is 1.25 bits per heavy atom. The van der Waals surface area contributed by atoms with Gasteiger partial charge < -0.3 is 0 Å². The van der Waals surface area contributed by atoms with Gasteiger partial charge in [-0.1, -0.05) is 25.1 Å². The van der Waals surface area contributed by atoms with Gasteiger partial charge in [0.2, 0.25) is 0 Å². The average Bonchev–Trinajstić information content (AvgIpc) is 3.07. The first-order valence-corrected chi connectivity index (χ1v) is 8.70. The summed E-state index contributed by atoms with van der Waals surface area (Å²) in [6.45, 7) is 5.91. The Bertz CT molecular complexity index is 927. The van der Waals surface area contributed by atoms with E-state index in [-0.39, 0.29) is 5.91 Å². The normalized spacial score (nSPS) is 11.7. The number of pyridine rings is 1. The van der Waals surface area contributed by atoms with Crippen molar-refractivity contribution in [3.63, 3.8) is 0 Å². The van der Waals surface area contributed by atoms with Crippen LogP contribution in [0.5, 0.6) is 0 Å². The maximum Gasteiger partial charge on any atom is 0.272 e. The molecule has 2 heterocycles. The van der Waals surface area contributed by atoms with Gasteiger partial charge in [-0.05, 0) is 44.5 Å². The molecule has 1 amide bonds. The molecule has 4 nitrogen and oxygen atoms in total. The van der Waals surface area contributed by atoms with Crippen LogP contribution < -0.4 is 5.43 Å². The molecule has 24 heavy (non-hydrogen) atoms. The predicted octanol–water partition coefficient (Wildman–Crippen LogP) is 4.32. The number of rotatable bonds is 4. The molecular weight excluding hydrogens is 318 g/mol. The molecule has 0 aliphatic carbocycles. The Morgan fingerprint density at radius 3 is 2.79 bits per heavy atom. The molecule has 0 spiro atoms. The molecular formula is C19H19N3OS. The van der Waals surface area contributed by atoms with Crippen molar-refractivity contribution in [3.05, 3.63) is 63.5 Å². The predicted molar refractivity (Wildman–Crippen MR) is 99.9 cm³/mol. The zero-order valence-electron chi connectivity index (χ0n) is 14.0. The Balaban J connectivity index is 1.86. The lowest BCUT2D eigenvalue weighted by atomic mass is 10.1. The minimum absolute atomic E-state index is 0.219. The van der Waals surface area contributed by atoms with Crippen molar-refractivity contribution < 1.29 is 4.79 Å². The van der Waals surface area contributed by atoms with Crippen molar-refractivity contribution in [3.8, 4) is 0 Å². The molecule has 1 aromatic carbocycles. The summed E-state index contributed by atoms with van der Waals surface area (Å²) in [5.74, 6) is -0.219. The Kier molecular flexibility index (Phi) is 4.71. The number of nitrogens with one attached hydrogen (secondary N) is 1. The first-order chi connectivity index (χ1) is 11.6. The van der Waals surface area contributed by atoms with Gasteiger partial charge in [0, 0.05) is 16.0 Å². The van der Waals surface area contributed by atoms with Crippen LogP contribution in [0.3, 0.4) is 0 Å². The van der Waals surface area contributed by atoms with Crippen molar-refractivity contribution in [1.29, 1.82) is 0 Å². The first-order valence-electron chi connectivity index (χ1n) is 7.88.